The van der Waals surface area contributed by atoms with Gasteiger partial charge in [-0.05, 0) is 38.5 Å². The van der Waals surface area contributed by atoms with Gasteiger partial charge in [0.15, 0.2) is 0 Å². The Bertz CT molecular complexity index is 600. The standard InChI is InChI=1S/C16H19O2P/c1-13-9-11-15(12-10-13)19(17,18)16(2,3)14-7-5-4-6-8-14/h4-12H,1-3H3,(H,17,18). The Balaban J connectivity index is 2.49. The van der Waals surface area contributed by atoms with Crippen molar-refractivity contribution in [1.82, 2.24) is 0 Å². The first-order valence-electron chi connectivity index (χ1n) is 6.31. The fraction of sp³-hybridized carbons (Fsp3) is 0.250. The smallest absolute Gasteiger partial charge is 0.239 e. The predicted octanol–water partition coefficient (Wildman–Crippen LogP) is 3.83. The summed E-state index contributed by atoms with van der Waals surface area (Å²) in [5.41, 5.74) is 1.96. The van der Waals surface area contributed by atoms with Crippen LogP contribution in [0.5, 0.6) is 0 Å². The van der Waals surface area contributed by atoms with Crippen LogP contribution in [0.25, 0.3) is 0 Å². The van der Waals surface area contributed by atoms with E-state index in [4.69, 9.17) is 0 Å². The molecular weight excluding hydrogens is 255 g/mol. The van der Waals surface area contributed by atoms with Crippen molar-refractivity contribution in [2.75, 3.05) is 0 Å². The SMILES string of the molecule is Cc1ccc(P(=O)(O)C(C)(C)c2ccccc2)cc1. The van der Waals surface area contributed by atoms with Crippen molar-refractivity contribution in [1.29, 1.82) is 0 Å². The van der Waals surface area contributed by atoms with Crippen LogP contribution in [0.4, 0.5) is 0 Å². The van der Waals surface area contributed by atoms with Crippen LogP contribution in [-0.2, 0) is 9.72 Å². The van der Waals surface area contributed by atoms with Gasteiger partial charge in [0.05, 0.1) is 5.16 Å². The Morgan fingerprint density at radius 3 is 2.00 bits per heavy atom. The molecule has 0 aliphatic rings. The monoisotopic (exact) mass is 274 g/mol. The molecule has 0 aliphatic carbocycles. The molecular formula is C16H19O2P. The van der Waals surface area contributed by atoms with Gasteiger partial charge in [0.1, 0.15) is 0 Å². The van der Waals surface area contributed by atoms with Crippen molar-refractivity contribution in [3.8, 4) is 0 Å². The molecule has 1 unspecified atom stereocenters. The molecule has 0 aliphatic heterocycles. The summed E-state index contributed by atoms with van der Waals surface area (Å²) in [5, 5.41) is -0.296. The second-order valence-electron chi connectivity index (χ2n) is 5.34. The fourth-order valence-electron chi connectivity index (χ4n) is 2.09. The summed E-state index contributed by atoms with van der Waals surface area (Å²) < 4.78 is 12.9. The minimum atomic E-state index is -3.49. The lowest BCUT2D eigenvalue weighted by Gasteiger charge is -2.31. The zero-order chi connectivity index (χ0) is 14.1. The summed E-state index contributed by atoms with van der Waals surface area (Å²) >= 11 is 0. The predicted molar refractivity (Wildman–Crippen MR) is 80.1 cm³/mol. The van der Waals surface area contributed by atoms with Crippen LogP contribution in [0.1, 0.15) is 25.0 Å². The quantitative estimate of drug-likeness (QED) is 0.864. The third-order valence-corrected chi connectivity index (χ3v) is 6.39. The number of aryl methyl sites for hydroxylation is 1. The van der Waals surface area contributed by atoms with Gasteiger partial charge in [-0.25, -0.2) is 0 Å². The highest BCUT2D eigenvalue weighted by molar-refractivity contribution is 7.67. The summed E-state index contributed by atoms with van der Waals surface area (Å²) in [6, 6.07) is 16.8. The third-order valence-electron chi connectivity index (χ3n) is 3.62. The fourth-order valence-corrected chi connectivity index (χ4v) is 3.79. The maximum Gasteiger partial charge on any atom is 0.239 e. The maximum atomic E-state index is 12.9. The molecule has 3 heteroatoms. The molecule has 0 saturated carbocycles. The van der Waals surface area contributed by atoms with Gasteiger partial charge >= 0.3 is 0 Å². The number of benzene rings is 2. The van der Waals surface area contributed by atoms with Crippen LogP contribution in [0, 0.1) is 6.92 Å². The van der Waals surface area contributed by atoms with E-state index < -0.39 is 12.5 Å². The molecule has 19 heavy (non-hydrogen) atoms. The Labute approximate surface area is 114 Å². The van der Waals surface area contributed by atoms with Crippen molar-refractivity contribution in [2.24, 2.45) is 0 Å². The van der Waals surface area contributed by atoms with E-state index in [1.54, 1.807) is 12.1 Å². The van der Waals surface area contributed by atoms with E-state index >= 15 is 0 Å². The Kier molecular flexibility index (Phi) is 3.66. The Morgan fingerprint density at radius 1 is 0.947 bits per heavy atom. The summed E-state index contributed by atoms with van der Waals surface area (Å²) in [6.45, 7) is 5.61. The lowest BCUT2D eigenvalue weighted by Crippen LogP contribution is -2.24. The normalized spacial score (nSPS) is 14.9. The second kappa shape index (κ2) is 4.96. The van der Waals surface area contributed by atoms with Crippen LogP contribution in [0.3, 0.4) is 0 Å². The molecule has 2 nitrogen and oxygen atoms in total. The van der Waals surface area contributed by atoms with Crippen molar-refractivity contribution in [2.45, 2.75) is 25.9 Å². The van der Waals surface area contributed by atoms with Gasteiger partial charge in [0.2, 0.25) is 7.37 Å². The minimum Gasteiger partial charge on any atom is -0.340 e. The van der Waals surface area contributed by atoms with E-state index in [0.29, 0.717) is 5.30 Å². The molecule has 1 atom stereocenters. The third kappa shape index (κ3) is 2.51. The zero-order valence-electron chi connectivity index (χ0n) is 11.5. The molecule has 2 aromatic rings. The van der Waals surface area contributed by atoms with Crippen LogP contribution >= 0.6 is 7.37 Å². The van der Waals surface area contributed by atoms with Gasteiger partial charge in [-0.15, -0.1) is 0 Å². The average Bonchev–Trinajstić information content (AvgIpc) is 2.40. The lowest BCUT2D eigenvalue weighted by atomic mass is 10.0. The second-order valence-corrected chi connectivity index (χ2v) is 8.12. The highest BCUT2D eigenvalue weighted by Gasteiger charge is 2.41. The minimum absolute atomic E-state index is 0.506. The van der Waals surface area contributed by atoms with Gasteiger partial charge in [0.25, 0.3) is 0 Å². The molecule has 0 saturated heterocycles. The van der Waals surface area contributed by atoms with Crippen LogP contribution < -0.4 is 5.30 Å². The molecule has 2 aromatic carbocycles. The molecule has 0 heterocycles. The van der Waals surface area contributed by atoms with Gasteiger partial charge in [-0.2, -0.15) is 0 Å². The number of hydrogen-bond donors (Lipinski definition) is 1. The summed E-state index contributed by atoms with van der Waals surface area (Å²) in [6.07, 6.45) is 0. The van der Waals surface area contributed by atoms with Crippen molar-refractivity contribution >= 4 is 12.7 Å². The van der Waals surface area contributed by atoms with E-state index in [2.05, 4.69) is 0 Å². The van der Waals surface area contributed by atoms with Crippen molar-refractivity contribution < 1.29 is 9.46 Å². The van der Waals surface area contributed by atoms with E-state index in [-0.39, 0.29) is 0 Å². The molecule has 0 radical (unpaired) electrons. The number of hydrogen-bond acceptors (Lipinski definition) is 1. The summed E-state index contributed by atoms with van der Waals surface area (Å²) in [5.74, 6) is 0. The summed E-state index contributed by atoms with van der Waals surface area (Å²) in [7, 11) is -3.49. The highest BCUT2D eigenvalue weighted by Crippen LogP contribution is 2.58. The average molecular weight is 274 g/mol. The zero-order valence-corrected chi connectivity index (χ0v) is 12.4. The maximum absolute atomic E-state index is 12.9. The van der Waals surface area contributed by atoms with Crippen LogP contribution in [0.15, 0.2) is 54.6 Å². The van der Waals surface area contributed by atoms with Crippen LogP contribution in [-0.4, -0.2) is 4.89 Å². The van der Waals surface area contributed by atoms with Crippen molar-refractivity contribution in [3.05, 3.63) is 65.7 Å². The van der Waals surface area contributed by atoms with E-state index in [9.17, 15) is 9.46 Å². The van der Waals surface area contributed by atoms with Gasteiger partial charge in [-0.1, -0.05) is 48.0 Å². The molecule has 0 amide bonds. The van der Waals surface area contributed by atoms with Gasteiger partial charge < -0.3 is 4.89 Å². The molecule has 0 fully saturated rings. The first-order chi connectivity index (χ1) is 8.85. The van der Waals surface area contributed by atoms with Gasteiger partial charge in [-0.3, -0.25) is 4.57 Å². The first-order valence-corrected chi connectivity index (χ1v) is 7.97. The summed E-state index contributed by atoms with van der Waals surface area (Å²) in [4.78, 5) is 10.6. The van der Waals surface area contributed by atoms with Crippen molar-refractivity contribution in [3.63, 3.8) is 0 Å². The molecule has 100 valence electrons. The topological polar surface area (TPSA) is 37.3 Å². The lowest BCUT2D eigenvalue weighted by molar-refractivity contribution is 0.453. The molecule has 0 aromatic heterocycles. The van der Waals surface area contributed by atoms with Crippen LogP contribution in [0.2, 0.25) is 0 Å². The largest absolute Gasteiger partial charge is 0.340 e. The van der Waals surface area contributed by atoms with E-state index in [0.717, 1.165) is 11.1 Å². The van der Waals surface area contributed by atoms with Gasteiger partial charge in [0, 0.05) is 5.30 Å². The Hall–Kier alpha value is -1.37. The Morgan fingerprint density at radius 2 is 1.47 bits per heavy atom. The number of rotatable bonds is 3. The molecule has 0 spiro atoms. The van der Waals surface area contributed by atoms with E-state index in [1.807, 2.05) is 63.2 Å². The van der Waals surface area contributed by atoms with E-state index in [1.165, 1.54) is 0 Å². The first kappa shape index (κ1) is 14.0. The molecule has 1 N–H and O–H groups in total. The highest BCUT2D eigenvalue weighted by atomic mass is 31.2. The molecule has 0 bridgehead atoms. The molecule has 2 rings (SSSR count).